The molecule has 0 atom stereocenters. The number of halogens is 1. The van der Waals surface area contributed by atoms with Crippen LogP contribution in [0, 0.1) is 10.1 Å². The van der Waals surface area contributed by atoms with Gasteiger partial charge in [0, 0.05) is 12.1 Å². The minimum Gasteiger partial charge on any atom is -0.455 e. The first kappa shape index (κ1) is 16.4. The number of non-ortho nitro benzene ring substituents is 1. The number of carbonyl (C=O) groups is 1. The molecule has 0 aliphatic carbocycles. The highest BCUT2D eigenvalue weighted by molar-refractivity contribution is 6.82. The van der Waals surface area contributed by atoms with Crippen LogP contribution in [0.15, 0.2) is 59.7 Å². The first-order valence-corrected chi connectivity index (χ1v) is 6.89. The predicted octanol–water partition coefficient (Wildman–Crippen LogP) is 3.30. The van der Waals surface area contributed by atoms with Crippen molar-refractivity contribution >= 4 is 34.1 Å². The summed E-state index contributed by atoms with van der Waals surface area (Å²) in [5.74, 6) is -0.773. The van der Waals surface area contributed by atoms with Crippen LogP contribution in [0.1, 0.15) is 5.56 Å². The molecule has 0 aliphatic heterocycles. The second kappa shape index (κ2) is 7.90. The zero-order chi connectivity index (χ0) is 16.7. The number of anilines is 1. The van der Waals surface area contributed by atoms with Crippen molar-refractivity contribution in [3.63, 3.8) is 0 Å². The van der Waals surface area contributed by atoms with Crippen LogP contribution in [-0.4, -0.2) is 16.1 Å². The lowest BCUT2D eigenvalue weighted by atomic mass is 10.2. The Balaban J connectivity index is 1.88. The number of nitrogens with one attached hydrogen (secondary N) is 1. The van der Waals surface area contributed by atoms with Crippen molar-refractivity contribution in [2.75, 3.05) is 5.43 Å². The number of benzene rings is 2. The Labute approximate surface area is 136 Å². The topological polar surface area (TPSA) is 93.8 Å². The maximum absolute atomic E-state index is 11.7. The molecule has 0 radical (unpaired) electrons. The Hall–Kier alpha value is -2.93. The van der Waals surface area contributed by atoms with Crippen LogP contribution in [-0.2, 0) is 16.1 Å². The van der Waals surface area contributed by atoms with Gasteiger partial charge in [-0.1, -0.05) is 41.9 Å². The van der Waals surface area contributed by atoms with E-state index in [-0.39, 0.29) is 17.5 Å². The fourth-order valence-electron chi connectivity index (χ4n) is 1.60. The quantitative estimate of drug-likeness (QED) is 0.379. The number of ether oxygens (including phenoxy) is 1. The van der Waals surface area contributed by atoms with Crippen LogP contribution in [0.3, 0.4) is 0 Å². The Morgan fingerprint density at radius 3 is 2.43 bits per heavy atom. The van der Waals surface area contributed by atoms with Crippen molar-refractivity contribution in [3.05, 3.63) is 70.3 Å². The van der Waals surface area contributed by atoms with E-state index in [2.05, 4.69) is 10.5 Å². The van der Waals surface area contributed by atoms with Crippen LogP contribution >= 0.6 is 11.6 Å². The molecular weight excluding hydrogens is 322 g/mol. The lowest BCUT2D eigenvalue weighted by Crippen LogP contribution is -2.13. The summed E-state index contributed by atoms with van der Waals surface area (Å²) in [6.45, 7) is 0.0863. The van der Waals surface area contributed by atoms with E-state index >= 15 is 0 Å². The zero-order valence-electron chi connectivity index (χ0n) is 11.8. The van der Waals surface area contributed by atoms with E-state index in [9.17, 15) is 14.9 Å². The van der Waals surface area contributed by atoms with E-state index < -0.39 is 10.9 Å². The summed E-state index contributed by atoms with van der Waals surface area (Å²) in [5, 5.41) is 13.8. The van der Waals surface area contributed by atoms with E-state index in [0.29, 0.717) is 5.69 Å². The highest BCUT2D eigenvalue weighted by Crippen LogP contribution is 2.15. The zero-order valence-corrected chi connectivity index (χ0v) is 12.6. The van der Waals surface area contributed by atoms with Gasteiger partial charge in [-0.05, 0) is 17.7 Å². The van der Waals surface area contributed by atoms with Crippen molar-refractivity contribution in [3.8, 4) is 0 Å². The molecule has 8 heteroatoms. The molecule has 2 aromatic carbocycles. The highest BCUT2D eigenvalue weighted by atomic mass is 35.5. The third-order valence-electron chi connectivity index (χ3n) is 2.74. The second-order valence-corrected chi connectivity index (χ2v) is 4.74. The molecule has 0 aliphatic rings. The number of nitrogens with zero attached hydrogens (tertiary/aromatic N) is 2. The van der Waals surface area contributed by atoms with E-state index in [1.165, 1.54) is 24.3 Å². The monoisotopic (exact) mass is 333 g/mol. The van der Waals surface area contributed by atoms with E-state index in [4.69, 9.17) is 16.3 Å². The minimum atomic E-state index is -0.773. The molecular formula is C15H12ClN3O4. The number of nitro groups is 1. The van der Waals surface area contributed by atoms with Gasteiger partial charge >= 0.3 is 5.97 Å². The van der Waals surface area contributed by atoms with Crippen LogP contribution in [0.4, 0.5) is 11.4 Å². The fourth-order valence-corrected chi connectivity index (χ4v) is 1.70. The molecule has 0 unspecified atom stereocenters. The molecule has 0 spiro atoms. The summed E-state index contributed by atoms with van der Waals surface area (Å²) in [6.07, 6.45) is 0. The molecule has 2 aromatic rings. The van der Waals surface area contributed by atoms with Gasteiger partial charge in [0.15, 0.2) is 0 Å². The number of esters is 1. The van der Waals surface area contributed by atoms with Crippen LogP contribution in [0.2, 0.25) is 0 Å². The van der Waals surface area contributed by atoms with E-state index in [1.807, 2.05) is 30.3 Å². The number of nitro benzene ring substituents is 1. The third-order valence-corrected chi connectivity index (χ3v) is 2.98. The maximum Gasteiger partial charge on any atom is 0.371 e. The normalized spacial score (nSPS) is 10.9. The SMILES string of the molecule is O=C(OCc1ccccc1)/C(Cl)=N/Nc1ccc([N+](=O)[O-])cc1. The summed E-state index contributed by atoms with van der Waals surface area (Å²) in [6, 6.07) is 14.6. The highest BCUT2D eigenvalue weighted by Gasteiger charge is 2.11. The second-order valence-electron chi connectivity index (χ2n) is 4.38. The molecule has 2 rings (SSSR count). The molecule has 0 fully saturated rings. The number of hydrazone groups is 1. The van der Waals surface area contributed by atoms with Crippen molar-refractivity contribution in [2.45, 2.75) is 6.61 Å². The summed E-state index contributed by atoms with van der Waals surface area (Å²) >= 11 is 5.73. The molecule has 7 nitrogen and oxygen atoms in total. The molecule has 0 amide bonds. The molecule has 0 saturated heterocycles. The average molecular weight is 334 g/mol. The summed E-state index contributed by atoms with van der Waals surface area (Å²) in [5.41, 5.74) is 3.75. The molecule has 0 bridgehead atoms. The van der Waals surface area contributed by atoms with Gasteiger partial charge in [0.2, 0.25) is 5.17 Å². The molecule has 0 aromatic heterocycles. The first-order valence-electron chi connectivity index (χ1n) is 6.51. The Bertz CT molecular complexity index is 717. The fraction of sp³-hybridized carbons (Fsp3) is 0.0667. The van der Waals surface area contributed by atoms with Crippen molar-refractivity contribution in [2.24, 2.45) is 5.10 Å². The smallest absolute Gasteiger partial charge is 0.371 e. The Kier molecular flexibility index (Phi) is 5.65. The third kappa shape index (κ3) is 5.08. The molecule has 118 valence electrons. The van der Waals surface area contributed by atoms with Crippen molar-refractivity contribution < 1.29 is 14.5 Å². The van der Waals surface area contributed by atoms with Crippen molar-refractivity contribution in [1.29, 1.82) is 0 Å². The van der Waals surface area contributed by atoms with Gasteiger partial charge in [0.05, 0.1) is 10.6 Å². The standard InChI is InChI=1S/C15H12ClN3O4/c16-14(15(20)23-10-11-4-2-1-3-5-11)18-17-12-6-8-13(9-7-12)19(21)22/h1-9,17H,10H2/b18-14-. The van der Waals surface area contributed by atoms with Gasteiger partial charge in [0.25, 0.3) is 5.69 Å². The van der Waals surface area contributed by atoms with Crippen LogP contribution in [0.5, 0.6) is 0 Å². The Morgan fingerprint density at radius 2 is 1.83 bits per heavy atom. The number of hydrogen-bond acceptors (Lipinski definition) is 6. The van der Waals surface area contributed by atoms with Crippen LogP contribution in [0.25, 0.3) is 0 Å². The first-order chi connectivity index (χ1) is 11.1. The van der Waals surface area contributed by atoms with Crippen LogP contribution < -0.4 is 5.43 Å². The van der Waals surface area contributed by atoms with Gasteiger partial charge in [-0.25, -0.2) is 4.79 Å². The van der Waals surface area contributed by atoms with Gasteiger partial charge in [-0.15, -0.1) is 0 Å². The lowest BCUT2D eigenvalue weighted by Gasteiger charge is -2.04. The minimum absolute atomic E-state index is 0.0482. The van der Waals surface area contributed by atoms with E-state index in [1.54, 1.807) is 0 Å². The molecule has 1 N–H and O–H groups in total. The summed E-state index contributed by atoms with van der Waals surface area (Å²) in [7, 11) is 0. The lowest BCUT2D eigenvalue weighted by molar-refractivity contribution is -0.384. The number of hydrogen-bond donors (Lipinski definition) is 1. The van der Waals surface area contributed by atoms with Gasteiger partial charge in [0.1, 0.15) is 6.61 Å². The molecule has 23 heavy (non-hydrogen) atoms. The average Bonchev–Trinajstić information content (AvgIpc) is 2.58. The van der Waals surface area contributed by atoms with Gasteiger partial charge < -0.3 is 4.74 Å². The summed E-state index contributed by atoms with van der Waals surface area (Å²) < 4.78 is 5.00. The number of carbonyl (C=O) groups excluding carboxylic acids is 1. The number of rotatable bonds is 6. The van der Waals surface area contributed by atoms with Gasteiger partial charge in [-0.2, -0.15) is 5.10 Å². The summed E-state index contributed by atoms with van der Waals surface area (Å²) in [4.78, 5) is 21.7. The molecule has 0 saturated carbocycles. The van der Waals surface area contributed by atoms with Crippen molar-refractivity contribution in [1.82, 2.24) is 0 Å². The molecule has 0 heterocycles. The predicted molar refractivity (Wildman–Crippen MR) is 86.2 cm³/mol. The van der Waals surface area contributed by atoms with Gasteiger partial charge in [-0.3, -0.25) is 15.5 Å². The van der Waals surface area contributed by atoms with E-state index in [0.717, 1.165) is 5.56 Å². The largest absolute Gasteiger partial charge is 0.455 e. The Morgan fingerprint density at radius 1 is 1.17 bits per heavy atom. The maximum atomic E-state index is 11.7.